The second kappa shape index (κ2) is 8.03. The van der Waals surface area contributed by atoms with Crippen molar-refractivity contribution in [2.75, 3.05) is 6.61 Å². The smallest absolute Gasteiger partial charge is 0.309 e. The van der Waals surface area contributed by atoms with Gasteiger partial charge in [0.2, 0.25) is 0 Å². The Morgan fingerprint density at radius 1 is 1.53 bits per heavy atom. The highest BCUT2D eigenvalue weighted by Gasteiger charge is 2.19. The average molecular weight is 213 g/mol. The van der Waals surface area contributed by atoms with Gasteiger partial charge in [-0.25, -0.2) is 0 Å². The van der Waals surface area contributed by atoms with Gasteiger partial charge in [0, 0.05) is 12.4 Å². The van der Waals surface area contributed by atoms with Crippen molar-refractivity contribution in [3.63, 3.8) is 0 Å². The van der Waals surface area contributed by atoms with Crippen molar-refractivity contribution in [1.82, 2.24) is 0 Å². The number of unbranched alkanes of at least 4 members (excludes halogenated alkanes) is 1. The highest BCUT2D eigenvalue weighted by molar-refractivity contribution is 5.78. The quantitative estimate of drug-likeness (QED) is 0.337. The molecule has 0 aliphatic heterocycles. The Balaban J connectivity index is 4.10. The fraction of sp³-hybridized carbons (Fsp3) is 0.636. The monoisotopic (exact) mass is 213 g/mol. The molecule has 1 atom stereocenters. The summed E-state index contributed by atoms with van der Waals surface area (Å²) in [4.78, 5) is 21.7. The molecule has 0 aliphatic rings. The van der Waals surface area contributed by atoms with Crippen LogP contribution in [0.15, 0.2) is 12.7 Å². The summed E-state index contributed by atoms with van der Waals surface area (Å²) in [5, 5.41) is 10.4. The van der Waals surface area contributed by atoms with Crippen LogP contribution in [0.2, 0.25) is 0 Å². The first-order chi connectivity index (χ1) is 7.11. The molecule has 86 valence electrons. The number of rotatable bonds is 8. The molecule has 0 heterocycles. The maximum Gasteiger partial charge on any atom is 0.309 e. The van der Waals surface area contributed by atoms with Gasteiger partial charge in [-0.15, -0.1) is 6.58 Å². The van der Waals surface area contributed by atoms with Gasteiger partial charge in [0.1, 0.15) is 0 Å². The molecule has 0 saturated heterocycles. The molecular weight excluding hydrogens is 196 g/mol. The van der Waals surface area contributed by atoms with Crippen LogP contribution in [0.25, 0.3) is 0 Å². The van der Waals surface area contributed by atoms with Crippen molar-refractivity contribution in [2.24, 2.45) is 5.92 Å². The third kappa shape index (κ3) is 6.71. The molecule has 0 aromatic heterocycles. The molecule has 0 radical (unpaired) electrons. The maximum atomic E-state index is 11.3. The number of carbonyl (C=O) groups is 2. The predicted octanol–water partition coefficient (Wildman–Crippen LogP) is 0.662. The molecule has 0 rings (SSSR count). The molecule has 0 aromatic carbocycles. The van der Waals surface area contributed by atoms with E-state index in [1.807, 2.05) is 0 Å². The lowest BCUT2D eigenvalue weighted by atomic mass is 9.98. The summed E-state index contributed by atoms with van der Waals surface area (Å²) in [6, 6.07) is 0. The van der Waals surface area contributed by atoms with Gasteiger partial charge in [0.15, 0.2) is 0 Å². The van der Waals surface area contributed by atoms with Gasteiger partial charge in [-0.05, 0) is 26.2 Å². The van der Waals surface area contributed by atoms with Crippen molar-refractivity contribution in [3.8, 4) is 0 Å². The minimum absolute atomic E-state index is 0.268. The summed E-state index contributed by atoms with van der Waals surface area (Å²) in [6.07, 6.45) is 3.47. The van der Waals surface area contributed by atoms with Crippen molar-refractivity contribution < 1.29 is 19.4 Å². The molecule has 0 spiro atoms. The van der Waals surface area contributed by atoms with Crippen LogP contribution in [-0.4, -0.2) is 18.5 Å². The number of esters is 1. The van der Waals surface area contributed by atoms with E-state index in [-0.39, 0.29) is 13.0 Å². The van der Waals surface area contributed by atoms with Crippen molar-refractivity contribution in [1.29, 1.82) is 0 Å². The Kier molecular flexibility index (Phi) is 7.32. The number of carboxylic acid groups (broad SMARTS) is 1. The van der Waals surface area contributed by atoms with Crippen molar-refractivity contribution in [2.45, 2.75) is 32.6 Å². The van der Waals surface area contributed by atoms with Gasteiger partial charge in [-0.3, -0.25) is 4.79 Å². The number of hydrogen-bond donors (Lipinski definition) is 0. The van der Waals surface area contributed by atoms with Gasteiger partial charge in [-0.2, -0.15) is 0 Å². The summed E-state index contributed by atoms with van der Waals surface area (Å²) in [5.41, 5.74) is 0. The molecule has 0 fully saturated rings. The number of allylic oxidation sites excluding steroid dienone is 1. The first-order valence-corrected chi connectivity index (χ1v) is 5.09. The lowest BCUT2D eigenvalue weighted by Crippen LogP contribution is -2.29. The average Bonchev–Trinajstić information content (AvgIpc) is 2.16. The number of ether oxygens (including phenoxy) is 1. The summed E-state index contributed by atoms with van der Waals surface area (Å²) < 4.78 is 4.78. The van der Waals surface area contributed by atoms with Crippen LogP contribution in [0.3, 0.4) is 0 Å². The molecule has 1 unspecified atom stereocenters. The van der Waals surface area contributed by atoms with Crippen LogP contribution in [0.1, 0.15) is 32.6 Å². The largest absolute Gasteiger partial charge is 0.550 e. The number of carbonyl (C=O) groups excluding carboxylic acids is 2. The van der Waals surface area contributed by atoms with Crippen LogP contribution in [0.4, 0.5) is 0 Å². The standard InChI is InChI=1S/C11H18O4/c1-3-5-6-7-9(8-10(12)13)11(14)15-4-2/h3,9H,1,4-8H2,2H3,(H,12,13)/p-1. The van der Waals surface area contributed by atoms with Crippen LogP contribution in [0.5, 0.6) is 0 Å². The highest BCUT2D eigenvalue weighted by Crippen LogP contribution is 2.14. The van der Waals surface area contributed by atoms with E-state index in [1.54, 1.807) is 13.0 Å². The fourth-order valence-electron chi connectivity index (χ4n) is 1.27. The fourth-order valence-corrected chi connectivity index (χ4v) is 1.27. The van der Waals surface area contributed by atoms with E-state index in [0.29, 0.717) is 6.42 Å². The topological polar surface area (TPSA) is 66.4 Å². The summed E-state index contributed by atoms with van der Waals surface area (Å²) in [7, 11) is 0. The molecule has 0 amide bonds. The third-order valence-electron chi connectivity index (χ3n) is 1.99. The van der Waals surface area contributed by atoms with Crippen molar-refractivity contribution >= 4 is 11.9 Å². The summed E-state index contributed by atoms with van der Waals surface area (Å²) in [6.45, 7) is 5.51. The molecule has 0 N–H and O–H groups in total. The lowest BCUT2D eigenvalue weighted by molar-refractivity contribution is -0.306. The van der Waals surface area contributed by atoms with Crippen LogP contribution < -0.4 is 5.11 Å². The second-order valence-corrected chi connectivity index (χ2v) is 3.24. The van der Waals surface area contributed by atoms with Crippen LogP contribution in [-0.2, 0) is 14.3 Å². The third-order valence-corrected chi connectivity index (χ3v) is 1.99. The maximum absolute atomic E-state index is 11.3. The normalized spacial score (nSPS) is 11.8. The minimum Gasteiger partial charge on any atom is -0.550 e. The first kappa shape index (κ1) is 13.7. The SMILES string of the molecule is C=CCCCC(CC(=O)[O-])C(=O)OCC. The zero-order valence-corrected chi connectivity index (χ0v) is 9.03. The molecular formula is C11H17O4-. The van der Waals surface area contributed by atoms with Gasteiger partial charge >= 0.3 is 5.97 Å². The Labute approximate surface area is 89.9 Å². The number of carboxylic acids is 1. The Hall–Kier alpha value is -1.32. The summed E-state index contributed by atoms with van der Waals surface area (Å²) >= 11 is 0. The van der Waals surface area contributed by atoms with E-state index in [0.717, 1.165) is 12.8 Å². The molecule has 15 heavy (non-hydrogen) atoms. The number of aliphatic carboxylic acids is 1. The van der Waals surface area contributed by atoms with E-state index in [2.05, 4.69) is 6.58 Å². The van der Waals surface area contributed by atoms with Crippen LogP contribution >= 0.6 is 0 Å². The second-order valence-electron chi connectivity index (χ2n) is 3.24. The summed E-state index contributed by atoms with van der Waals surface area (Å²) in [5.74, 6) is -2.26. The Morgan fingerprint density at radius 2 is 2.20 bits per heavy atom. The van der Waals surface area contributed by atoms with E-state index in [1.165, 1.54) is 0 Å². The van der Waals surface area contributed by atoms with E-state index >= 15 is 0 Å². The van der Waals surface area contributed by atoms with Crippen molar-refractivity contribution in [3.05, 3.63) is 12.7 Å². The number of hydrogen-bond acceptors (Lipinski definition) is 4. The molecule has 0 saturated carbocycles. The van der Waals surface area contributed by atoms with Gasteiger partial charge < -0.3 is 14.6 Å². The molecule has 0 aliphatic carbocycles. The lowest BCUT2D eigenvalue weighted by Gasteiger charge is -2.15. The van der Waals surface area contributed by atoms with E-state index in [4.69, 9.17) is 4.74 Å². The molecule has 4 nitrogen and oxygen atoms in total. The molecule has 0 aromatic rings. The Morgan fingerprint density at radius 3 is 2.67 bits per heavy atom. The highest BCUT2D eigenvalue weighted by atomic mass is 16.5. The first-order valence-electron chi connectivity index (χ1n) is 5.09. The zero-order valence-electron chi connectivity index (χ0n) is 9.03. The van der Waals surface area contributed by atoms with Gasteiger partial charge in [0.25, 0.3) is 0 Å². The van der Waals surface area contributed by atoms with Gasteiger partial charge in [0.05, 0.1) is 12.5 Å². The van der Waals surface area contributed by atoms with Crippen LogP contribution in [0, 0.1) is 5.92 Å². The van der Waals surface area contributed by atoms with Gasteiger partial charge in [-0.1, -0.05) is 6.08 Å². The molecule has 0 bridgehead atoms. The predicted molar refractivity (Wildman–Crippen MR) is 53.8 cm³/mol. The molecule has 4 heteroatoms. The van der Waals surface area contributed by atoms with E-state index < -0.39 is 17.9 Å². The van der Waals surface area contributed by atoms with E-state index in [9.17, 15) is 14.7 Å². The zero-order chi connectivity index (χ0) is 11.7. The minimum atomic E-state index is -1.22. The Bertz CT molecular complexity index is 223.